The lowest BCUT2D eigenvalue weighted by molar-refractivity contribution is -0.155. The summed E-state index contributed by atoms with van der Waals surface area (Å²) < 4.78 is 10.5. The van der Waals surface area contributed by atoms with Crippen LogP contribution in [-0.2, 0) is 19.1 Å². The highest BCUT2D eigenvalue weighted by Gasteiger charge is 2.27. The maximum atomic E-state index is 12.3. The average Bonchev–Trinajstić information content (AvgIpc) is 3.09. The van der Waals surface area contributed by atoms with Gasteiger partial charge in [-0.15, -0.1) is 0 Å². The molecule has 2 amide bonds. The van der Waals surface area contributed by atoms with Gasteiger partial charge in [-0.2, -0.15) is 0 Å². The molecule has 0 aliphatic carbocycles. The van der Waals surface area contributed by atoms with Crippen LogP contribution in [0.2, 0.25) is 0 Å². The van der Waals surface area contributed by atoms with Crippen molar-refractivity contribution in [2.45, 2.75) is 93.9 Å². The highest BCUT2D eigenvalue weighted by atomic mass is 33.1. The van der Waals surface area contributed by atoms with Crippen LogP contribution in [0.25, 0.3) is 0 Å². The number of nitrogens with one attached hydrogen (secondary N) is 2. The smallest absolute Gasteiger partial charge is 0.319 e. The molecule has 0 heterocycles. The second-order valence-electron chi connectivity index (χ2n) is 12.9. The van der Waals surface area contributed by atoms with Crippen molar-refractivity contribution in [1.82, 2.24) is 5.32 Å². The van der Waals surface area contributed by atoms with E-state index in [1.54, 1.807) is 62.4 Å². The number of rotatable bonds is 16. The zero-order valence-electron chi connectivity index (χ0n) is 30.3. The van der Waals surface area contributed by atoms with Crippen molar-refractivity contribution in [3.8, 4) is 0 Å². The predicted molar refractivity (Wildman–Crippen MR) is 202 cm³/mol. The Morgan fingerprint density at radius 1 is 0.714 bits per heavy atom. The van der Waals surface area contributed by atoms with Gasteiger partial charge < -0.3 is 25.8 Å². The van der Waals surface area contributed by atoms with Gasteiger partial charge in [-0.05, 0) is 123 Å². The molecule has 0 bridgehead atoms. The highest BCUT2D eigenvalue weighted by Crippen LogP contribution is 2.30. The molecule has 0 aliphatic heterocycles. The molecule has 49 heavy (non-hydrogen) atoms. The average molecular weight is 718 g/mol. The monoisotopic (exact) mass is 717 g/mol. The minimum absolute atomic E-state index is 0.0543. The SMILES string of the molecule is CCC(C)(C)C(=O)OCCNC(=O)Nc1ccc(C(=O)SSC(=O)c2ccc(N)cc2)cc1.CCCC(CC)CCOC(=O)C(C)(C)CC. The Kier molecular flexibility index (Phi) is 19.8. The van der Waals surface area contributed by atoms with Gasteiger partial charge in [0.25, 0.3) is 0 Å². The summed E-state index contributed by atoms with van der Waals surface area (Å²) in [5.74, 6) is 0.350. The van der Waals surface area contributed by atoms with E-state index in [0.29, 0.717) is 41.4 Å². The predicted octanol–water partition coefficient (Wildman–Crippen LogP) is 8.91. The number of amides is 2. The molecule has 0 aromatic heterocycles. The van der Waals surface area contributed by atoms with Crippen LogP contribution in [0.1, 0.15) is 115 Å². The summed E-state index contributed by atoms with van der Waals surface area (Å²) in [7, 11) is 1.67. The normalized spacial score (nSPS) is 11.8. The summed E-state index contributed by atoms with van der Waals surface area (Å²) in [4.78, 5) is 60.0. The molecule has 0 aliphatic rings. The zero-order chi connectivity index (χ0) is 37.0. The number of nitrogens with two attached hydrogens (primary N) is 1. The molecule has 0 saturated heterocycles. The maximum Gasteiger partial charge on any atom is 0.319 e. The van der Waals surface area contributed by atoms with E-state index in [0.717, 1.165) is 34.4 Å². The Balaban J connectivity index is 0.000000632. The molecule has 4 N–H and O–H groups in total. The second-order valence-corrected chi connectivity index (χ2v) is 15.0. The summed E-state index contributed by atoms with van der Waals surface area (Å²) >= 11 is 0. The first-order valence-electron chi connectivity index (χ1n) is 16.9. The van der Waals surface area contributed by atoms with Crippen LogP contribution in [0, 0.1) is 16.7 Å². The molecule has 2 rings (SSSR count). The zero-order valence-corrected chi connectivity index (χ0v) is 31.9. The fourth-order valence-electron chi connectivity index (χ4n) is 3.92. The minimum Gasteiger partial charge on any atom is -0.465 e. The lowest BCUT2D eigenvalue weighted by atomic mass is 9.90. The van der Waals surface area contributed by atoms with Gasteiger partial charge in [0.2, 0.25) is 10.2 Å². The standard InChI is InChI=1S/C23H27N3O5S2.C14H28O2/c1-4-23(2,3)21(29)31-14-13-25-22(30)26-18-11-7-16(8-12-18)20(28)33-32-19(27)15-5-9-17(24)10-6-15;1-6-9-12(7-2)10-11-16-13(15)14(4,5)8-3/h5-12H,4,13-14,24H2,1-3H3,(H2,25,26,30);12H,6-11H2,1-5H3. The maximum absolute atomic E-state index is 12.3. The summed E-state index contributed by atoms with van der Waals surface area (Å²) in [6.45, 7) is 16.7. The fourth-order valence-corrected chi connectivity index (χ4v) is 5.57. The van der Waals surface area contributed by atoms with Crippen LogP contribution in [0.15, 0.2) is 48.5 Å². The van der Waals surface area contributed by atoms with Gasteiger partial charge in [0.05, 0.1) is 24.0 Å². The molecular formula is C37H55N3O7S2. The third-order valence-electron chi connectivity index (χ3n) is 8.25. The van der Waals surface area contributed by atoms with Gasteiger partial charge >= 0.3 is 18.0 Å². The largest absolute Gasteiger partial charge is 0.465 e. The molecule has 2 aromatic rings. The topological polar surface area (TPSA) is 154 Å². The number of hydrogen-bond donors (Lipinski definition) is 3. The lowest BCUT2D eigenvalue weighted by Gasteiger charge is -2.21. The van der Waals surface area contributed by atoms with E-state index in [9.17, 15) is 24.0 Å². The van der Waals surface area contributed by atoms with Crippen LogP contribution in [0.5, 0.6) is 0 Å². The number of carbonyl (C=O) groups is 5. The summed E-state index contributed by atoms with van der Waals surface area (Å²) in [6.07, 6.45) is 6.14. The van der Waals surface area contributed by atoms with Crippen molar-refractivity contribution in [1.29, 1.82) is 0 Å². The molecule has 0 saturated carbocycles. The molecule has 0 fully saturated rings. The number of urea groups is 1. The molecule has 12 heteroatoms. The molecule has 1 unspecified atom stereocenters. The molecule has 0 radical (unpaired) electrons. The number of hydrogen-bond acceptors (Lipinski definition) is 10. The molecular weight excluding hydrogens is 663 g/mol. The van der Waals surface area contributed by atoms with Crippen LogP contribution >= 0.6 is 21.6 Å². The van der Waals surface area contributed by atoms with E-state index in [4.69, 9.17) is 15.2 Å². The van der Waals surface area contributed by atoms with Crippen LogP contribution in [0.3, 0.4) is 0 Å². The first kappa shape index (κ1) is 43.5. The van der Waals surface area contributed by atoms with E-state index in [-0.39, 0.29) is 40.7 Å². The number of esters is 2. The first-order valence-corrected chi connectivity index (χ1v) is 19.0. The van der Waals surface area contributed by atoms with Crippen molar-refractivity contribution >= 4 is 61.2 Å². The quantitative estimate of drug-likeness (QED) is 0.0664. The number of benzene rings is 2. The Labute approximate surface area is 300 Å². The third kappa shape index (κ3) is 16.6. The van der Waals surface area contributed by atoms with Gasteiger partial charge in [0.1, 0.15) is 6.61 Å². The number of carbonyl (C=O) groups excluding carboxylic acids is 5. The van der Waals surface area contributed by atoms with Crippen LogP contribution < -0.4 is 16.4 Å². The van der Waals surface area contributed by atoms with Gasteiger partial charge in [0, 0.05) is 22.5 Å². The lowest BCUT2D eigenvalue weighted by Crippen LogP contribution is -2.34. The summed E-state index contributed by atoms with van der Waals surface area (Å²) in [6, 6.07) is 12.3. The van der Waals surface area contributed by atoms with Gasteiger partial charge in [0.15, 0.2) is 0 Å². The second kappa shape index (κ2) is 22.3. The van der Waals surface area contributed by atoms with Crippen LogP contribution in [-0.4, -0.2) is 48.0 Å². The minimum atomic E-state index is -0.554. The van der Waals surface area contributed by atoms with E-state index < -0.39 is 11.4 Å². The Bertz CT molecular complexity index is 1350. The number of nitrogen functional groups attached to an aromatic ring is 1. The fraction of sp³-hybridized carbons (Fsp3) is 0.541. The van der Waals surface area contributed by atoms with Crippen molar-refractivity contribution in [2.24, 2.45) is 16.7 Å². The molecule has 272 valence electrons. The van der Waals surface area contributed by atoms with Crippen molar-refractivity contribution < 1.29 is 33.4 Å². The van der Waals surface area contributed by atoms with Crippen molar-refractivity contribution in [2.75, 3.05) is 30.8 Å². The first-order chi connectivity index (χ1) is 23.1. The Hall–Kier alpha value is -3.51. The Morgan fingerprint density at radius 2 is 1.18 bits per heavy atom. The van der Waals surface area contributed by atoms with Crippen molar-refractivity contribution in [3.05, 3.63) is 59.7 Å². The van der Waals surface area contributed by atoms with Gasteiger partial charge in [-0.3, -0.25) is 19.2 Å². The third-order valence-corrected chi connectivity index (χ3v) is 10.3. The van der Waals surface area contributed by atoms with E-state index in [1.807, 2.05) is 27.7 Å². The number of anilines is 2. The molecule has 2 aromatic carbocycles. The molecule has 1 atom stereocenters. The van der Waals surface area contributed by atoms with E-state index in [1.165, 1.54) is 19.3 Å². The van der Waals surface area contributed by atoms with Crippen molar-refractivity contribution in [3.63, 3.8) is 0 Å². The van der Waals surface area contributed by atoms with Crippen LogP contribution in [0.4, 0.5) is 16.2 Å². The molecule has 0 spiro atoms. The molecule has 10 nitrogen and oxygen atoms in total. The Morgan fingerprint density at radius 3 is 1.63 bits per heavy atom. The number of ether oxygens (including phenoxy) is 2. The summed E-state index contributed by atoms with van der Waals surface area (Å²) in [5, 5.41) is 4.71. The van der Waals surface area contributed by atoms with Gasteiger partial charge in [-0.25, -0.2) is 4.79 Å². The summed E-state index contributed by atoms with van der Waals surface area (Å²) in [5.41, 5.74) is 6.63. The van der Waals surface area contributed by atoms with Gasteiger partial charge in [-0.1, -0.05) is 47.0 Å². The van der Waals surface area contributed by atoms with E-state index in [2.05, 4.69) is 24.5 Å². The highest BCUT2D eigenvalue weighted by molar-refractivity contribution is 8.87. The van der Waals surface area contributed by atoms with E-state index >= 15 is 0 Å².